The number of para-hydroxylation sites is 1. The molecule has 2 aromatic rings. The van der Waals surface area contributed by atoms with Crippen LogP contribution in [0, 0.1) is 11.3 Å². The van der Waals surface area contributed by atoms with E-state index in [1.165, 1.54) is 0 Å². The molecule has 0 saturated heterocycles. The van der Waals surface area contributed by atoms with Gasteiger partial charge in [0.25, 0.3) is 0 Å². The number of aliphatic hydroxyl groups excluding tert-OH is 1. The van der Waals surface area contributed by atoms with Crippen LogP contribution in [0.4, 0.5) is 0 Å². The van der Waals surface area contributed by atoms with E-state index in [1.807, 2.05) is 6.07 Å². The number of nitrogens with zero attached hydrogens (tertiary/aromatic N) is 1. The maximum atomic E-state index is 9.02. The summed E-state index contributed by atoms with van der Waals surface area (Å²) >= 11 is 3.37. The maximum Gasteiger partial charge on any atom is 0.145 e. The van der Waals surface area contributed by atoms with Crippen molar-refractivity contribution >= 4 is 15.9 Å². The molecule has 0 bridgehead atoms. The Morgan fingerprint density at radius 1 is 1.17 bits per heavy atom. The van der Waals surface area contributed by atoms with Gasteiger partial charge < -0.3 is 9.84 Å². The van der Waals surface area contributed by atoms with Gasteiger partial charge in [0.15, 0.2) is 0 Å². The number of hydrogen-bond donors (Lipinski definition) is 1. The summed E-state index contributed by atoms with van der Waals surface area (Å²) in [6.45, 7) is -0.0202. The predicted molar refractivity (Wildman–Crippen MR) is 71.3 cm³/mol. The van der Waals surface area contributed by atoms with E-state index in [0.717, 1.165) is 10.0 Å². The van der Waals surface area contributed by atoms with Crippen LogP contribution >= 0.6 is 15.9 Å². The Labute approximate surface area is 113 Å². The highest BCUT2D eigenvalue weighted by molar-refractivity contribution is 9.10. The Morgan fingerprint density at radius 2 is 1.94 bits per heavy atom. The van der Waals surface area contributed by atoms with Gasteiger partial charge in [-0.3, -0.25) is 0 Å². The Hall–Kier alpha value is -1.83. The van der Waals surface area contributed by atoms with Crippen molar-refractivity contribution in [2.75, 3.05) is 0 Å². The second-order valence-corrected chi connectivity index (χ2v) is 4.49. The first-order chi connectivity index (χ1) is 8.74. The molecule has 2 aromatic carbocycles. The molecular formula is C14H10BrNO2. The summed E-state index contributed by atoms with van der Waals surface area (Å²) < 4.78 is 6.42. The van der Waals surface area contributed by atoms with E-state index in [1.54, 1.807) is 36.4 Å². The lowest BCUT2D eigenvalue weighted by molar-refractivity contribution is 0.281. The summed E-state index contributed by atoms with van der Waals surface area (Å²) in [5, 5.41) is 18.0. The summed E-state index contributed by atoms with van der Waals surface area (Å²) in [4.78, 5) is 0. The average molecular weight is 304 g/mol. The molecule has 0 aliphatic carbocycles. The second-order valence-electron chi connectivity index (χ2n) is 3.63. The maximum absolute atomic E-state index is 9.02. The standard InChI is InChI=1S/C14H10BrNO2/c15-12-7-10(9-17)5-6-14(12)18-13-4-2-1-3-11(13)8-16/h1-7,17H,9H2. The topological polar surface area (TPSA) is 53.2 Å². The molecule has 0 radical (unpaired) electrons. The molecule has 0 fully saturated rings. The molecule has 0 saturated carbocycles. The number of aliphatic hydroxyl groups is 1. The number of nitriles is 1. The molecule has 0 heterocycles. The summed E-state index contributed by atoms with van der Waals surface area (Å²) in [7, 11) is 0. The minimum Gasteiger partial charge on any atom is -0.455 e. The fraction of sp³-hybridized carbons (Fsp3) is 0.0714. The molecule has 90 valence electrons. The van der Waals surface area contributed by atoms with Gasteiger partial charge in [0.1, 0.15) is 17.6 Å². The van der Waals surface area contributed by atoms with Gasteiger partial charge in [0.05, 0.1) is 16.6 Å². The molecule has 1 N–H and O–H groups in total. The molecule has 0 aliphatic heterocycles. The first-order valence-electron chi connectivity index (χ1n) is 5.31. The number of ether oxygens (including phenoxy) is 1. The number of halogens is 1. The molecule has 2 rings (SSSR count). The minimum absolute atomic E-state index is 0.0202. The van der Waals surface area contributed by atoms with Crippen molar-refractivity contribution in [2.45, 2.75) is 6.61 Å². The van der Waals surface area contributed by atoms with Gasteiger partial charge in [0, 0.05) is 0 Å². The average Bonchev–Trinajstić information content (AvgIpc) is 2.41. The van der Waals surface area contributed by atoms with Crippen molar-refractivity contribution in [3.05, 3.63) is 58.1 Å². The Kier molecular flexibility index (Phi) is 3.98. The highest BCUT2D eigenvalue weighted by atomic mass is 79.9. The zero-order chi connectivity index (χ0) is 13.0. The summed E-state index contributed by atoms with van der Waals surface area (Å²) in [5.74, 6) is 1.12. The number of benzene rings is 2. The van der Waals surface area contributed by atoms with Gasteiger partial charge in [-0.15, -0.1) is 0 Å². The van der Waals surface area contributed by atoms with Crippen molar-refractivity contribution in [1.82, 2.24) is 0 Å². The van der Waals surface area contributed by atoms with Gasteiger partial charge in [0.2, 0.25) is 0 Å². The fourth-order valence-corrected chi connectivity index (χ4v) is 2.00. The molecule has 3 nitrogen and oxygen atoms in total. The van der Waals surface area contributed by atoms with Crippen molar-refractivity contribution in [3.8, 4) is 17.6 Å². The van der Waals surface area contributed by atoms with E-state index in [4.69, 9.17) is 15.1 Å². The molecule has 0 atom stereocenters. The fourth-order valence-electron chi connectivity index (χ4n) is 1.49. The molecule has 0 unspecified atom stereocenters. The van der Waals surface area contributed by atoms with Crippen LogP contribution in [0.5, 0.6) is 11.5 Å². The van der Waals surface area contributed by atoms with Crippen molar-refractivity contribution in [1.29, 1.82) is 5.26 Å². The van der Waals surface area contributed by atoms with Crippen LogP contribution in [-0.4, -0.2) is 5.11 Å². The minimum atomic E-state index is -0.0202. The van der Waals surface area contributed by atoms with Crippen LogP contribution in [0.2, 0.25) is 0 Å². The smallest absolute Gasteiger partial charge is 0.145 e. The monoisotopic (exact) mass is 303 g/mol. The number of rotatable bonds is 3. The first-order valence-corrected chi connectivity index (χ1v) is 6.10. The van der Waals surface area contributed by atoms with Gasteiger partial charge >= 0.3 is 0 Å². The van der Waals surface area contributed by atoms with Crippen molar-refractivity contribution in [3.63, 3.8) is 0 Å². The Bertz CT molecular complexity index is 605. The van der Waals surface area contributed by atoms with E-state index >= 15 is 0 Å². The zero-order valence-corrected chi connectivity index (χ0v) is 11.0. The number of hydrogen-bond acceptors (Lipinski definition) is 3. The van der Waals surface area contributed by atoms with Crippen molar-refractivity contribution in [2.24, 2.45) is 0 Å². The third kappa shape index (κ3) is 2.70. The highest BCUT2D eigenvalue weighted by Gasteiger charge is 2.07. The third-order valence-corrected chi connectivity index (χ3v) is 3.03. The van der Waals surface area contributed by atoms with Crippen LogP contribution in [0.1, 0.15) is 11.1 Å². The van der Waals surface area contributed by atoms with Crippen LogP contribution in [-0.2, 0) is 6.61 Å². The lowest BCUT2D eigenvalue weighted by Crippen LogP contribution is -1.90. The van der Waals surface area contributed by atoms with Crippen LogP contribution in [0.3, 0.4) is 0 Å². The molecule has 4 heteroatoms. The normalized spacial score (nSPS) is 9.83. The largest absolute Gasteiger partial charge is 0.455 e. The lowest BCUT2D eigenvalue weighted by atomic mass is 10.2. The van der Waals surface area contributed by atoms with E-state index in [9.17, 15) is 0 Å². The zero-order valence-electron chi connectivity index (χ0n) is 9.43. The van der Waals surface area contributed by atoms with E-state index in [-0.39, 0.29) is 6.61 Å². The lowest BCUT2D eigenvalue weighted by Gasteiger charge is -2.09. The van der Waals surface area contributed by atoms with Gasteiger partial charge in [-0.05, 0) is 45.8 Å². The van der Waals surface area contributed by atoms with Gasteiger partial charge in [-0.2, -0.15) is 5.26 Å². The molecular weight excluding hydrogens is 294 g/mol. The molecule has 0 spiro atoms. The summed E-state index contributed by atoms with van der Waals surface area (Å²) in [6, 6.07) is 14.4. The highest BCUT2D eigenvalue weighted by Crippen LogP contribution is 2.31. The Morgan fingerprint density at radius 3 is 2.61 bits per heavy atom. The summed E-state index contributed by atoms with van der Waals surface area (Å²) in [6.07, 6.45) is 0. The van der Waals surface area contributed by atoms with E-state index < -0.39 is 0 Å². The van der Waals surface area contributed by atoms with Crippen LogP contribution in [0.25, 0.3) is 0 Å². The first kappa shape index (κ1) is 12.6. The SMILES string of the molecule is N#Cc1ccccc1Oc1ccc(CO)cc1Br. The predicted octanol–water partition coefficient (Wildman–Crippen LogP) is 3.61. The van der Waals surface area contributed by atoms with Crippen LogP contribution < -0.4 is 4.74 Å². The molecule has 0 amide bonds. The second kappa shape index (κ2) is 5.67. The van der Waals surface area contributed by atoms with Crippen LogP contribution in [0.15, 0.2) is 46.9 Å². The van der Waals surface area contributed by atoms with Crippen molar-refractivity contribution < 1.29 is 9.84 Å². The van der Waals surface area contributed by atoms with Gasteiger partial charge in [-0.25, -0.2) is 0 Å². The van der Waals surface area contributed by atoms with E-state index in [2.05, 4.69) is 22.0 Å². The molecule has 0 aromatic heterocycles. The Balaban J connectivity index is 2.32. The molecule has 0 aliphatic rings. The quantitative estimate of drug-likeness (QED) is 0.942. The van der Waals surface area contributed by atoms with E-state index in [0.29, 0.717) is 17.1 Å². The third-order valence-electron chi connectivity index (χ3n) is 2.41. The van der Waals surface area contributed by atoms with Gasteiger partial charge in [-0.1, -0.05) is 18.2 Å². The summed E-state index contributed by atoms with van der Waals surface area (Å²) in [5.41, 5.74) is 1.28. The molecule has 18 heavy (non-hydrogen) atoms.